The third kappa shape index (κ3) is 3.49. The van der Waals surface area contributed by atoms with Crippen molar-refractivity contribution >= 4 is 33.3 Å². The first kappa shape index (κ1) is 15.3. The number of halogens is 2. The fourth-order valence-corrected chi connectivity index (χ4v) is 2.36. The summed E-state index contributed by atoms with van der Waals surface area (Å²) < 4.78 is 1.08. The van der Waals surface area contributed by atoms with E-state index in [4.69, 9.17) is 11.6 Å². The molecule has 0 atom stereocenters. The predicted octanol–water partition coefficient (Wildman–Crippen LogP) is 4.94. The number of hydrogen-bond donors (Lipinski definition) is 1. The minimum Gasteiger partial charge on any atom is -0.366 e. The standard InChI is InChI=1S/C15H17BrClN3/c1-9(2)14-19-13(17)10(3)15(20-14)18-8-11-6-4-5-7-12(11)16/h4-7,9H,8H2,1-3H3,(H,18,19,20). The second kappa shape index (κ2) is 6.55. The number of aromatic nitrogens is 2. The topological polar surface area (TPSA) is 37.8 Å². The summed E-state index contributed by atoms with van der Waals surface area (Å²) in [6, 6.07) is 8.10. The summed E-state index contributed by atoms with van der Waals surface area (Å²) in [7, 11) is 0. The summed E-state index contributed by atoms with van der Waals surface area (Å²) in [6.45, 7) is 6.72. The van der Waals surface area contributed by atoms with Crippen LogP contribution in [0, 0.1) is 6.92 Å². The Morgan fingerprint density at radius 2 is 1.95 bits per heavy atom. The van der Waals surface area contributed by atoms with Gasteiger partial charge in [0, 0.05) is 22.5 Å². The molecule has 0 fully saturated rings. The smallest absolute Gasteiger partial charge is 0.137 e. The molecule has 106 valence electrons. The van der Waals surface area contributed by atoms with Crippen LogP contribution < -0.4 is 5.32 Å². The maximum atomic E-state index is 6.18. The van der Waals surface area contributed by atoms with E-state index in [1.807, 2.05) is 25.1 Å². The lowest BCUT2D eigenvalue weighted by molar-refractivity contribution is 0.771. The van der Waals surface area contributed by atoms with Crippen molar-refractivity contribution < 1.29 is 0 Å². The van der Waals surface area contributed by atoms with Gasteiger partial charge in [0.2, 0.25) is 0 Å². The van der Waals surface area contributed by atoms with Crippen molar-refractivity contribution in [3.8, 4) is 0 Å². The van der Waals surface area contributed by atoms with Gasteiger partial charge in [-0.1, -0.05) is 59.6 Å². The van der Waals surface area contributed by atoms with Crippen molar-refractivity contribution in [2.24, 2.45) is 0 Å². The van der Waals surface area contributed by atoms with E-state index in [2.05, 4.69) is 51.1 Å². The fraction of sp³-hybridized carbons (Fsp3) is 0.333. The van der Waals surface area contributed by atoms with E-state index in [9.17, 15) is 0 Å². The molecule has 0 unspecified atom stereocenters. The molecule has 0 aliphatic rings. The lowest BCUT2D eigenvalue weighted by Gasteiger charge is -2.13. The highest BCUT2D eigenvalue weighted by Crippen LogP contribution is 2.24. The first-order valence-electron chi connectivity index (χ1n) is 6.50. The molecule has 0 radical (unpaired) electrons. The van der Waals surface area contributed by atoms with Gasteiger partial charge in [-0.2, -0.15) is 0 Å². The highest BCUT2D eigenvalue weighted by atomic mass is 79.9. The van der Waals surface area contributed by atoms with E-state index in [0.717, 1.165) is 21.7 Å². The van der Waals surface area contributed by atoms with Crippen LogP contribution in [0.15, 0.2) is 28.7 Å². The molecule has 5 heteroatoms. The van der Waals surface area contributed by atoms with Gasteiger partial charge < -0.3 is 5.32 Å². The Morgan fingerprint density at radius 3 is 2.60 bits per heavy atom. The van der Waals surface area contributed by atoms with Crippen molar-refractivity contribution in [2.45, 2.75) is 33.2 Å². The monoisotopic (exact) mass is 353 g/mol. The van der Waals surface area contributed by atoms with Crippen molar-refractivity contribution in [1.82, 2.24) is 9.97 Å². The molecule has 0 bridgehead atoms. The highest BCUT2D eigenvalue weighted by molar-refractivity contribution is 9.10. The number of anilines is 1. The maximum absolute atomic E-state index is 6.18. The van der Waals surface area contributed by atoms with Gasteiger partial charge in [0.1, 0.15) is 16.8 Å². The van der Waals surface area contributed by atoms with Gasteiger partial charge in [0.15, 0.2) is 0 Å². The molecule has 1 heterocycles. The summed E-state index contributed by atoms with van der Waals surface area (Å²) >= 11 is 9.72. The van der Waals surface area contributed by atoms with Crippen LogP contribution in [-0.2, 0) is 6.54 Å². The summed E-state index contributed by atoms with van der Waals surface area (Å²) in [5, 5.41) is 3.85. The Bertz CT molecular complexity index is 614. The first-order chi connectivity index (χ1) is 9.49. The molecule has 1 aromatic heterocycles. The van der Waals surface area contributed by atoms with Crippen LogP contribution >= 0.6 is 27.5 Å². The van der Waals surface area contributed by atoms with Crippen molar-refractivity contribution in [3.05, 3.63) is 50.8 Å². The molecular weight excluding hydrogens is 338 g/mol. The lowest BCUT2D eigenvalue weighted by Crippen LogP contribution is -2.08. The van der Waals surface area contributed by atoms with Gasteiger partial charge in [-0.3, -0.25) is 0 Å². The second-order valence-corrected chi connectivity index (χ2v) is 6.16. The zero-order valence-corrected chi connectivity index (χ0v) is 14.1. The Balaban J connectivity index is 2.23. The quantitative estimate of drug-likeness (QED) is 0.791. The van der Waals surface area contributed by atoms with Gasteiger partial charge in [-0.05, 0) is 18.6 Å². The van der Waals surface area contributed by atoms with Crippen LogP contribution in [-0.4, -0.2) is 9.97 Å². The number of benzene rings is 1. The largest absolute Gasteiger partial charge is 0.366 e. The van der Waals surface area contributed by atoms with Crippen LogP contribution in [0.1, 0.15) is 36.7 Å². The molecule has 1 aromatic carbocycles. The predicted molar refractivity (Wildman–Crippen MR) is 87.3 cm³/mol. The minimum absolute atomic E-state index is 0.247. The van der Waals surface area contributed by atoms with Crippen molar-refractivity contribution in [2.75, 3.05) is 5.32 Å². The van der Waals surface area contributed by atoms with Gasteiger partial charge in [0.25, 0.3) is 0 Å². The summed E-state index contributed by atoms with van der Waals surface area (Å²) in [4.78, 5) is 8.87. The molecule has 3 nitrogen and oxygen atoms in total. The van der Waals surface area contributed by atoms with Gasteiger partial charge in [-0.25, -0.2) is 9.97 Å². The van der Waals surface area contributed by atoms with Crippen LogP contribution in [0.4, 0.5) is 5.82 Å². The van der Waals surface area contributed by atoms with Crippen molar-refractivity contribution in [3.63, 3.8) is 0 Å². The van der Waals surface area contributed by atoms with Crippen LogP contribution in [0.3, 0.4) is 0 Å². The van der Waals surface area contributed by atoms with Crippen LogP contribution in [0.5, 0.6) is 0 Å². The van der Waals surface area contributed by atoms with Crippen LogP contribution in [0.25, 0.3) is 0 Å². The first-order valence-corrected chi connectivity index (χ1v) is 7.67. The average molecular weight is 355 g/mol. The normalized spacial score (nSPS) is 10.9. The molecule has 0 amide bonds. The minimum atomic E-state index is 0.247. The third-order valence-corrected chi connectivity index (χ3v) is 4.17. The van der Waals surface area contributed by atoms with E-state index in [1.54, 1.807) is 0 Å². The van der Waals surface area contributed by atoms with Gasteiger partial charge >= 0.3 is 0 Å². The SMILES string of the molecule is Cc1c(Cl)nc(C(C)C)nc1NCc1ccccc1Br. The van der Waals surface area contributed by atoms with Crippen LogP contribution in [0.2, 0.25) is 5.15 Å². The van der Waals surface area contributed by atoms with E-state index in [0.29, 0.717) is 11.7 Å². The van der Waals surface area contributed by atoms with Gasteiger partial charge in [0.05, 0.1) is 0 Å². The Labute approximate surface area is 132 Å². The molecule has 0 saturated heterocycles. The number of rotatable bonds is 4. The summed E-state index contributed by atoms with van der Waals surface area (Å²) in [5.74, 6) is 1.80. The summed E-state index contributed by atoms with van der Waals surface area (Å²) in [5.41, 5.74) is 2.05. The molecule has 1 N–H and O–H groups in total. The zero-order chi connectivity index (χ0) is 14.7. The average Bonchev–Trinajstić information content (AvgIpc) is 2.41. The third-order valence-electron chi connectivity index (χ3n) is 3.02. The number of nitrogens with one attached hydrogen (secondary N) is 1. The highest BCUT2D eigenvalue weighted by Gasteiger charge is 2.11. The van der Waals surface area contributed by atoms with E-state index < -0.39 is 0 Å². The maximum Gasteiger partial charge on any atom is 0.137 e. The molecule has 0 aliphatic heterocycles. The molecule has 0 spiro atoms. The Hall–Kier alpha value is -1.13. The fourth-order valence-electron chi connectivity index (χ4n) is 1.76. The molecule has 2 rings (SSSR count). The lowest BCUT2D eigenvalue weighted by atomic mass is 10.2. The van der Waals surface area contributed by atoms with E-state index >= 15 is 0 Å². The zero-order valence-electron chi connectivity index (χ0n) is 11.7. The molecule has 0 aliphatic carbocycles. The Morgan fingerprint density at radius 1 is 1.25 bits per heavy atom. The molecule has 0 saturated carbocycles. The summed E-state index contributed by atoms with van der Waals surface area (Å²) in [6.07, 6.45) is 0. The molecular formula is C15H17BrClN3. The van der Waals surface area contributed by atoms with Crippen molar-refractivity contribution in [1.29, 1.82) is 0 Å². The van der Waals surface area contributed by atoms with E-state index in [-0.39, 0.29) is 5.92 Å². The second-order valence-electron chi connectivity index (χ2n) is 4.95. The van der Waals surface area contributed by atoms with Gasteiger partial charge in [-0.15, -0.1) is 0 Å². The molecule has 2 aromatic rings. The number of nitrogens with zero attached hydrogens (tertiary/aromatic N) is 2. The molecule has 20 heavy (non-hydrogen) atoms. The van der Waals surface area contributed by atoms with E-state index in [1.165, 1.54) is 5.56 Å². The number of hydrogen-bond acceptors (Lipinski definition) is 3. The Kier molecular flexibility index (Phi) is 5.00.